The van der Waals surface area contributed by atoms with E-state index in [2.05, 4.69) is 35.4 Å². The smallest absolute Gasteiger partial charge is 0.224 e. The molecule has 1 heterocycles. The minimum absolute atomic E-state index is 0.0398. The van der Waals surface area contributed by atoms with E-state index in [-0.39, 0.29) is 5.91 Å². The number of hydrogen-bond acceptors (Lipinski definition) is 4. The Morgan fingerprint density at radius 3 is 2.67 bits per heavy atom. The van der Waals surface area contributed by atoms with E-state index in [0.717, 1.165) is 16.8 Å². The standard InChI is InChI=1S/C16H21N3O2/c1-10(2)13-7-5-6-11(3)16(13)17-14(20)8-9-15-19-18-12(4)21-15/h5-7,10H,8-9H2,1-4H3,(H,17,20). The molecule has 0 aliphatic carbocycles. The van der Waals surface area contributed by atoms with Gasteiger partial charge in [0.05, 0.1) is 0 Å². The molecule has 5 nitrogen and oxygen atoms in total. The number of nitrogens with zero attached hydrogens (tertiary/aromatic N) is 2. The van der Waals surface area contributed by atoms with E-state index in [1.807, 2.05) is 19.1 Å². The highest BCUT2D eigenvalue weighted by Gasteiger charge is 2.13. The van der Waals surface area contributed by atoms with Gasteiger partial charge >= 0.3 is 0 Å². The summed E-state index contributed by atoms with van der Waals surface area (Å²) in [4.78, 5) is 12.1. The van der Waals surface area contributed by atoms with E-state index in [4.69, 9.17) is 4.42 Å². The van der Waals surface area contributed by atoms with Crippen LogP contribution in [0.15, 0.2) is 22.6 Å². The molecule has 1 aromatic carbocycles. The molecule has 1 amide bonds. The summed E-state index contributed by atoms with van der Waals surface area (Å²) in [5, 5.41) is 10.7. The van der Waals surface area contributed by atoms with Crippen molar-refractivity contribution in [2.45, 2.75) is 46.5 Å². The number of hydrogen-bond donors (Lipinski definition) is 1. The van der Waals surface area contributed by atoms with E-state index in [1.54, 1.807) is 6.92 Å². The molecule has 0 aliphatic rings. The number of nitrogens with one attached hydrogen (secondary N) is 1. The Kier molecular flexibility index (Phi) is 4.73. The molecule has 0 aliphatic heterocycles. The van der Waals surface area contributed by atoms with E-state index in [1.165, 1.54) is 0 Å². The summed E-state index contributed by atoms with van der Waals surface area (Å²) in [5.41, 5.74) is 3.14. The second kappa shape index (κ2) is 6.52. The third-order valence-corrected chi connectivity index (χ3v) is 3.33. The Bertz CT molecular complexity index is 632. The van der Waals surface area contributed by atoms with Gasteiger partial charge in [0, 0.05) is 25.5 Å². The predicted molar refractivity (Wildman–Crippen MR) is 81.3 cm³/mol. The number of benzene rings is 1. The molecule has 0 saturated heterocycles. The maximum atomic E-state index is 12.1. The molecule has 2 rings (SSSR count). The van der Waals surface area contributed by atoms with E-state index in [0.29, 0.717) is 30.5 Å². The molecule has 1 N–H and O–H groups in total. The van der Waals surface area contributed by atoms with Gasteiger partial charge in [0.15, 0.2) is 0 Å². The van der Waals surface area contributed by atoms with Gasteiger partial charge in [0.25, 0.3) is 0 Å². The van der Waals surface area contributed by atoms with Gasteiger partial charge < -0.3 is 9.73 Å². The Hall–Kier alpha value is -2.17. The number of aromatic nitrogens is 2. The molecule has 0 radical (unpaired) electrons. The summed E-state index contributed by atoms with van der Waals surface area (Å²) in [6.45, 7) is 7.97. The zero-order valence-electron chi connectivity index (χ0n) is 12.9. The second-order valence-corrected chi connectivity index (χ2v) is 5.46. The Morgan fingerprint density at radius 2 is 2.05 bits per heavy atom. The lowest BCUT2D eigenvalue weighted by Crippen LogP contribution is -2.15. The van der Waals surface area contributed by atoms with E-state index < -0.39 is 0 Å². The minimum Gasteiger partial charge on any atom is -0.426 e. The summed E-state index contributed by atoms with van der Waals surface area (Å²) in [6, 6.07) is 6.07. The van der Waals surface area contributed by atoms with Crippen LogP contribution in [0.5, 0.6) is 0 Å². The van der Waals surface area contributed by atoms with Crippen LogP contribution in [0.1, 0.15) is 49.1 Å². The van der Waals surface area contributed by atoms with Crippen molar-refractivity contribution >= 4 is 11.6 Å². The van der Waals surface area contributed by atoms with Crippen LogP contribution in [-0.2, 0) is 11.2 Å². The molecule has 0 fully saturated rings. The first-order valence-electron chi connectivity index (χ1n) is 7.15. The molecule has 0 unspecified atom stereocenters. The van der Waals surface area contributed by atoms with Crippen LogP contribution in [0.2, 0.25) is 0 Å². The number of aryl methyl sites for hydroxylation is 3. The van der Waals surface area contributed by atoms with Gasteiger partial charge in [-0.2, -0.15) is 0 Å². The number of rotatable bonds is 5. The van der Waals surface area contributed by atoms with Gasteiger partial charge in [-0.3, -0.25) is 4.79 Å². The largest absolute Gasteiger partial charge is 0.426 e. The van der Waals surface area contributed by atoms with Crippen molar-refractivity contribution in [3.8, 4) is 0 Å². The minimum atomic E-state index is -0.0398. The summed E-state index contributed by atoms with van der Waals surface area (Å²) in [7, 11) is 0. The van der Waals surface area contributed by atoms with Crippen molar-refractivity contribution in [1.82, 2.24) is 10.2 Å². The number of anilines is 1. The number of amides is 1. The molecule has 0 atom stereocenters. The van der Waals surface area contributed by atoms with Gasteiger partial charge in [0.2, 0.25) is 17.7 Å². The van der Waals surface area contributed by atoms with Gasteiger partial charge in [0.1, 0.15) is 0 Å². The van der Waals surface area contributed by atoms with Crippen molar-refractivity contribution in [1.29, 1.82) is 0 Å². The fourth-order valence-electron chi connectivity index (χ4n) is 2.20. The summed E-state index contributed by atoms with van der Waals surface area (Å²) < 4.78 is 5.27. The van der Waals surface area contributed by atoms with Crippen LogP contribution in [0, 0.1) is 13.8 Å². The van der Waals surface area contributed by atoms with Crippen LogP contribution in [0.3, 0.4) is 0 Å². The SMILES string of the molecule is Cc1nnc(CCC(=O)Nc2c(C)cccc2C(C)C)o1. The van der Waals surface area contributed by atoms with Crippen molar-refractivity contribution in [3.63, 3.8) is 0 Å². The van der Waals surface area contributed by atoms with Gasteiger partial charge in [-0.15, -0.1) is 10.2 Å². The van der Waals surface area contributed by atoms with Gasteiger partial charge in [-0.1, -0.05) is 32.0 Å². The summed E-state index contributed by atoms with van der Waals surface area (Å²) >= 11 is 0. The number of carbonyl (C=O) groups excluding carboxylic acids is 1. The highest BCUT2D eigenvalue weighted by Crippen LogP contribution is 2.27. The lowest BCUT2D eigenvalue weighted by Gasteiger charge is -2.16. The Balaban J connectivity index is 2.02. The highest BCUT2D eigenvalue weighted by atomic mass is 16.4. The van der Waals surface area contributed by atoms with Crippen LogP contribution < -0.4 is 5.32 Å². The quantitative estimate of drug-likeness (QED) is 0.915. The molecule has 1 aromatic heterocycles. The number of carbonyl (C=O) groups is 1. The predicted octanol–water partition coefficient (Wildman–Crippen LogP) is 3.38. The number of para-hydroxylation sites is 1. The van der Waals surface area contributed by atoms with Crippen molar-refractivity contribution in [2.75, 3.05) is 5.32 Å². The Labute approximate surface area is 124 Å². The zero-order valence-corrected chi connectivity index (χ0v) is 12.9. The van der Waals surface area contributed by atoms with Crippen LogP contribution in [-0.4, -0.2) is 16.1 Å². The molecular weight excluding hydrogens is 266 g/mol. The summed E-state index contributed by atoms with van der Waals surface area (Å²) in [6.07, 6.45) is 0.781. The highest BCUT2D eigenvalue weighted by molar-refractivity contribution is 5.92. The summed E-state index contributed by atoms with van der Waals surface area (Å²) in [5.74, 6) is 1.34. The molecule has 0 spiro atoms. The first kappa shape index (κ1) is 15.2. The molecule has 0 saturated carbocycles. The zero-order chi connectivity index (χ0) is 15.4. The monoisotopic (exact) mass is 287 g/mol. The average Bonchev–Trinajstić information content (AvgIpc) is 2.84. The first-order valence-corrected chi connectivity index (χ1v) is 7.15. The molecule has 112 valence electrons. The van der Waals surface area contributed by atoms with Gasteiger partial charge in [-0.05, 0) is 24.0 Å². The maximum absolute atomic E-state index is 12.1. The molecule has 21 heavy (non-hydrogen) atoms. The van der Waals surface area contributed by atoms with Gasteiger partial charge in [-0.25, -0.2) is 0 Å². The third kappa shape index (κ3) is 3.90. The lowest BCUT2D eigenvalue weighted by atomic mass is 9.98. The Morgan fingerprint density at radius 1 is 1.29 bits per heavy atom. The fraction of sp³-hybridized carbons (Fsp3) is 0.438. The fourth-order valence-corrected chi connectivity index (χ4v) is 2.20. The van der Waals surface area contributed by atoms with E-state index in [9.17, 15) is 4.79 Å². The van der Waals surface area contributed by atoms with Crippen LogP contribution >= 0.6 is 0 Å². The normalized spacial score (nSPS) is 10.9. The molecule has 2 aromatic rings. The van der Waals surface area contributed by atoms with Crippen LogP contribution in [0.25, 0.3) is 0 Å². The van der Waals surface area contributed by atoms with E-state index >= 15 is 0 Å². The lowest BCUT2D eigenvalue weighted by molar-refractivity contribution is -0.116. The van der Waals surface area contributed by atoms with Crippen molar-refractivity contribution < 1.29 is 9.21 Å². The van der Waals surface area contributed by atoms with Crippen LogP contribution in [0.4, 0.5) is 5.69 Å². The van der Waals surface area contributed by atoms with Crippen molar-refractivity contribution in [3.05, 3.63) is 41.1 Å². The van der Waals surface area contributed by atoms with Crippen molar-refractivity contribution in [2.24, 2.45) is 0 Å². The molecule has 5 heteroatoms. The maximum Gasteiger partial charge on any atom is 0.224 e. The first-order chi connectivity index (χ1) is 9.97. The second-order valence-electron chi connectivity index (χ2n) is 5.46. The molecule has 0 bridgehead atoms. The molecular formula is C16H21N3O2. The topological polar surface area (TPSA) is 68.0 Å². The third-order valence-electron chi connectivity index (χ3n) is 3.33. The average molecular weight is 287 g/mol.